The molecule has 3 unspecified atom stereocenters. The number of hydrogen-bond donors (Lipinski definition) is 1. The van der Waals surface area contributed by atoms with Crippen LogP contribution in [0, 0.1) is 5.92 Å². The molecule has 4 heteroatoms. The lowest BCUT2D eigenvalue weighted by Crippen LogP contribution is -2.44. The molecule has 0 bridgehead atoms. The van der Waals surface area contributed by atoms with E-state index in [1.807, 2.05) is 0 Å². The van der Waals surface area contributed by atoms with Gasteiger partial charge in [-0.25, -0.2) is 0 Å². The van der Waals surface area contributed by atoms with Crippen LogP contribution in [0.3, 0.4) is 0 Å². The van der Waals surface area contributed by atoms with E-state index in [1.54, 1.807) is 0 Å². The molecular weight excluding hydrogens is 252 g/mol. The molecular formula is C16H28N2O2. The molecule has 3 atom stereocenters. The van der Waals surface area contributed by atoms with Crippen LogP contribution in [0.25, 0.3) is 0 Å². The minimum atomic E-state index is -0.220. The summed E-state index contributed by atoms with van der Waals surface area (Å²) in [5, 5.41) is 3.66. The Kier molecular flexibility index (Phi) is 4.04. The van der Waals surface area contributed by atoms with Crippen molar-refractivity contribution in [3.05, 3.63) is 0 Å². The van der Waals surface area contributed by atoms with Crippen molar-refractivity contribution >= 4 is 5.91 Å². The van der Waals surface area contributed by atoms with Crippen LogP contribution >= 0.6 is 0 Å². The van der Waals surface area contributed by atoms with E-state index in [-0.39, 0.29) is 11.7 Å². The van der Waals surface area contributed by atoms with Crippen molar-refractivity contribution in [2.75, 3.05) is 13.2 Å². The predicted molar refractivity (Wildman–Crippen MR) is 78.3 cm³/mol. The highest BCUT2D eigenvalue weighted by Crippen LogP contribution is 2.38. The van der Waals surface area contributed by atoms with Gasteiger partial charge >= 0.3 is 0 Å². The molecule has 2 heterocycles. The van der Waals surface area contributed by atoms with Crippen molar-refractivity contribution in [2.45, 2.75) is 76.6 Å². The Balaban J connectivity index is 1.72. The molecule has 1 amide bonds. The topological polar surface area (TPSA) is 41.6 Å². The molecule has 1 spiro atoms. The number of rotatable bonds is 4. The zero-order valence-electron chi connectivity index (χ0n) is 12.9. The van der Waals surface area contributed by atoms with Gasteiger partial charge in [0.2, 0.25) is 5.91 Å². The molecule has 4 nitrogen and oxygen atoms in total. The molecule has 1 saturated carbocycles. The van der Waals surface area contributed by atoms with Crippen molar-refractivity contribution < 1.29 is 9.53 Å². The molecule has 2 saturated heterocycles. The van der Waals surface area contributed by atoms with Crippen LogP contribution < -0.4 is 5.32 Å². The molecule has 3 rings (SSSR count). The molecule has 3 fully saturated rings. The van der Waals surface area contributed by atoms with Crippen LogP contribution in [-0.4, -0.2) is 41.8 Å². The zero-order valence-corrected chi connectivity index (χ0v) is 12.9. The quantitative estimate of drug-likeness (QED) is 0.859. The van der Waals surface area contributed by atoms with Crippen molar-refractivity contribution in [1.82, 2.24) is 10.2 Å². The lowest BCUT2D eigenvalue weighted by molar-refractivity contribution is -0.134. The highest BCUT2D eigenvalue weighted by Gasteiger charge is 2.52. The van der Waals surface area contributed by atoms with Crippen LogP contribution in [0.5, 0.6) is 0 Å². The highest BCUT2D eigenvalue weighted by atomic mass is 16.5. The third-order valence-electron chi connectivity index (χ3n) is 5.51. The number of nitrogens with zero attached hydrogens (tertiary/aromatic N) is 1. The second-order valence-corrected chi connectivity index (χ2v) is 6.68. The largest absolute Gasteiger partial charge is 0.378 e. The zero-order chi connectivity index (χ0) is 14.2. The van der Waals surface area contributed by atoms with Crippen molar-refractivity contribution in [2.24, 2.45) is 5.92 Å². The van der Waals surface area contributed by atoms with Gasteiger partial charge in [-0.1, -0.05) is 26.7 Å². The van der Waals surface area contributed by atoms with Crippen molar-refractivity contribution in [3.8, 4) is 0 Å². The fourth-order valence-electron chi connectivity index (χ4n) is 4.35. The van der Waals surface area contributed by atoms with Gasteiger partial charge in [-0.2, -0.15) is 0 Å². The molecule has 20 heavy (non-hydrogen) atoms. The van der Waals surface area contributed by atoms with Crippen LogP contribution in [0.1, 0.15) is 58.8 Å². The van der Waals surface area contributed by atoms with Crippen molar-refractivity contribution in [1.29, 1.82) is 0 Å². The smallest absolute Gasteiger partial charge is 0.244 e. The molecule has 1 aliphatic carbocycles. The lowest BCUT2D eigenvalue weighted by atomic mass is 9.96. The third kappa shape index (κ3) is 2.27. The fraction of sp³-hybridized carbons (Fsp3) is 0.938. The van der Waals surface area contributed by atoms with Crippen LogP contribution in [-0.2, 0) is 9.53 Å². The molecule has 1 N–H and O–H groups in total. The molecule has 3 aliphatic rings. The number of ether oxygens (including phenoxy) is 1. The maximum absolute atomic E-state index is 12.9. The Morgan fingerprint density at radius 2 is 2.05 bits per heavy atom. The standard InChI is InChI=1S/C16H28N2O2/c1-3-13-12(7-10-20-13)11-18-14(4-2)17-16(15(18)19)8-5-6-9-16/h12-14,17H,3-11H2,1-2H3. The monoisotopic (exact) mass is 280 g/mol. The van der Waals surface area contributed by atoms with E-state index < -0.39 is 0 Å². The van der Waals surface area contributed by atoms with Gasteiger partial charge in [0.1, 0.15) is 0 Å². The van der Waals surface area contributed by atoms with E-state index in [0.717, 1.165) is 45.3 Å². The summed E-state index contributed by atoms with van der Waals surface area (Å²) in [5.74, 6) is 0.889. The van der Waals surface area contributed by atoms with E-state index in [4.69, 9.17) is 4.74 Å². The molecule has 0 aromatic carbocycles. The second-order valence-electron chi connectivity index (χ2n) is 6.68. The van der Waals surface area contributed by atoms with Gasteiger partial charge in [-0.05, 0) is 32.1 Å². The maximum Gasteiger partial charge on any atom is 0.244 e. The average Bonchev–Trinajstić information content (AvgIpc) is 3.16. The summed E-state index contributed by atoms with van der Waals surface area (Å²) < 4.78 is 5.79. The highest BCUT2D eigenvalue weighted by molar-refractivity contribution is 5.89. The van der Waals surface area contributed by atoms with Crippen LogP contribution in [0.2, 0.25) is 0 Å². The first-order valence-electron chi connectivity index (χ1n) is 8.40. The minimum absolute atomic E-state index is 0.220. The summed E-state index contributed by atoms with van der Waals surface area (Å²) in [6.45, 7) is 6.10. The van der Waals surface area contributed by atoms with Gasteiger partial charge in [0, 0.05) is 19.1 Å². The number of hydrogen-bond acceptors (Lipinski definition) is 3. The Labute approximate surface area is 122 Å². The van der Waals surface area contributed by atoms with E-state index >= 15 is 0 Å². The number of carbonyl (C=O) groups excluding carboxylic acids is 1. The number of nitrogens with one attached hydrogen (secondary N) is 1. The van der Waals surface area contributed by atoms with E-state index in [9.17, 15) is 4.79 Å². The average molecular weight is 280 g/mol. The maximum atomic E-state index is 12.9. The number of carbonyl (C=O) groups is 1. The van der Waals surface area contributed by atoms with Crippen LogP contribution in [0.15, 0.2) is 0 Å². The van der Waals surface area contributed by atoms with E-state index in [2.05, 4.69) is 24.1 Å². The van der Waals surface area contributed by atoms with E-state index in [1.165, 1.54) is 12.8 Å². The Bertz CT molecular complexity index is 365. The van der Waals surface area contributed by atoms with Gasteiger partial charge in [0.15, 0.2) is 0 Å². The fourth-order valence-corrected chi connectivity index (χ4v) is 4.35. The predicted octanol–water partition coefficient (Wildman–Crippen LogP) is 2.28. The van der Waals surface area contributed by atoms with E-state index in [0.29, 0.717) is 17.9 Å². The Hall–Kier alpha value is -0.610. The molecule has 114 valence electrons. The first-order valence-corrected chi connectivity index (χ1v) is 8.40. The Morgan fingerprint density at radius 3 is 2.70 bits per heavy atom. The normalized spacial score (nSPS) is 36.4. The molecule has 0 aromatic heterocycles. The summed E-state index contributed by atoms with van der Waals surface area (Å²) in [6, 6.07) is 0. The van der Waals surface area contributed by atoms with Gasteiger partial charge in [0.25, 0.3) is 0 Å². The minimum Gasteiger partial charge on any atom is -0.378 e. The molecule has 2 aliphatic heterocycles. The van der Waals surface area contributed by atoms with Gasteiger partial charge in [0.05, 0.1) is 17.8 Å². The summed E-state index contributed by atoms with van der Waals surface area (Å²) in [4.78, 5) is 15.0. The van der Waals surface area contributed by atoms with Crippen molar-refractivity contribution in [3.63, 3.8) is 0 Å². The van der Waals surface area contributed by atoms with Gasteiger partial charge in [-0.15, -0.1) is 0 Å². The van der Waals surface area contributed by atoms with Gasteiger partial charge in [-0.3, -0.25) is 10.1 Å². The summed E-state index contributed by atoms with van der Waals surface area (Å²) in [5.41, 5.74) is -0.220. The first-order chi connectivity index (χ1) is 9.70. The molecule has 0 aromatic rings. The summed E-state index contributed by atoms with van der Waals surface area (Å²) in [6.07, 6.45) is 8.17. The summed E-state index contributed by atoms with van der Waals surface area (Å²) >= 11 is 0. The second kappa shape index (κ2) is 5.64. The number of amides is 1. The molecule has 0 radical (unpaired) electrons. The Morgan fingerprint density at radius 1 is 1.30 bits per heavy atom. The third-order valence-corrected chi connectivity index (χ3v) is 5.51. The first kappa shape index (κ1) is 14.3. The SMILES string of the molecule is CCC1OCCC1CN1C(=O)C2(CCCC2)NC1CC. The van der Waals surface area contributed by atoms with Crippen LogP contribution in [0.4, 0.5) is 0 Å². The lowest BCUT2D eigenvalue weighted by Gasteiger charge is -2.28. The summed E-state index contributed by atoms with van der Waals surface area (Å²) in [7, 11) is 0. The van der Waals surface area contributed by atoms with Gasteiger partial charge < -0.3 is 9.64 Å².